The topological polar surface area (TPSA) is 86.3 Å². The maximum absolute atomic E-state index is 12.8. The number of ether oxygens (including phenoxy) is 3. The molecular formula is C19H23N3O4S. The van der Waals surface area contributed by atoms with Crippen molar-refractivity contribution in [3.8, 4) is 11.5 Å². The number of pyridine rings is 1. The summed E-state index contributed by atoms with van der Waals surface area (Å²) in [7, 11) is 0.237. The minimum atomic E-state index is -1.37. The zero-order valence-electron chi connectivity index (χ0n) is 15.8. The molecule has 0 saturated carbocycles. The lowest BCUT2D eigenvalue weighted by molar-refractivity contribution is -0.0617. The number of benzene rings is 1. The summed E-state index contributed by atoms with van der Waals surface area (Å²) >= 11 is 0. The predicted octanol–water partition coefficient (Wildman–Crippen LogP) is 3.34. The second-order valence-electron chi connectivity index (χ2n) is 5.94. The van der Waals surface area contributed by atoms with Crippen LogP contribution in [-0.4, -0.2) is 39.2 Å². The molecule has 0 saturated heterocycles. The monoisotopic (exact) mass is 389 g/mol. The van der Waals surface area contributed by atoms with Crippen molar-refractivity contribution in [2.24, 2.45) is 0 Å². The Balaban J connectivity index is 1.79. The average Bonchev–Trinajstić information content (AvgIpc) is 3.08. The fourth-order valence-electron chi connectivity index (χ4n) is 2.67. The van der Waals surface area contributed by atoms with E-state index in [1.54, 1.807) is 19.4 Å². The molecule has 2 heterocycles. The SMILES string of the molecule is CCOC(C)Oc1ccnc(CS(=O)c2nc3ccc(OC)cc3[nH]2)c1C. The smallest absolute Gasteiger partial charge is 0.197 e. The van der Waals surface area contributed by atoms with Crippen molar-refractivity contribution >= 4 is 21.8 Å². The van der Waals surface area contributed by atoms with Gasteiger partial charge in [-0.1, -0.05) is 0 Å². The van der Waals surface area contributed by atoms with E-state index in [1.165, 1.54) is 0 Å². The summed E-state index contributed by atoms with van der Waals surface area (Å²) in [4.78, 5) is 11.9. The van der Waals surface area contributed by atoms with Crippen LogP contribution in [0.4, 0.5) is 0 Å². The van der Waals surface area contributed by atoms with Crippen molar-refractivity contribution in [3.05, 3.63) is 41.7 Å². The zero-order valence-corrected chi connectivity index (χ0v) is 16.6. The fraction of sp³-hybridized carbons (Fsp3) is 0.368. The number of fused-ring (bicyclic) bond motifs is 1. The van der Waals surface area contributed by atoms with E-state index in [0.717, 1.165) is 16.6 Å². The van der Waals surface area contributed by atoms with Gasteiger partial charge in [0, 0.05) is 24.4 Å². The molecule has 3 rings (SSSR count). The van der Waals surface area contributed by atoms with Crippen LogP contribution in [0.3, 0.4) is 0 Å². The Bertz CT molecular complexity index is 957. The minimum Gasteiger partial charge on any atom is -0.497 e. The minimum absolute atomic E-state index is 0.239. The number of H-pyrrole nitrogens is 1. The van der Waals surface area contributed by atoms with Crippen LogP contribution in [-0.2, 0) is 21.3 Å². The molecule has 0 aliphatic carbocycles. The molecule has 2 atom stereocenters. The van der Waals surface area contributed by atoms with Gasteiger partial charge >= 0.3 is 0 Å². The van der Waals surface area contributed by atoms with Crippen LogP contribution in [0.2, 0.25) is 0 Å². The highest BCUT2D eigenvalue weighted by atomic mass is 32.2. The third-order valence-electron chi connectivity index (χ3n) is 4.10. The second-order valence-corrected chi connectivity index (χ2v) is 7.30. The van der Waals surface area contributed by atoms with E-state index in [0.29, 0.717) is 29.0 Å². The lowest BCUT2D eigenvalue weighted by Gasteiger charge is -2.17. The molecule has 0 fully saturated rings. The van der Waals surface area contributed by atoms with Gasteiger partial charge in [0.25, 0.3) is 0 Å². The van der Waals surface area contributed by atoms with Crippen molar-refractivity contribution in [2.45, 2.75) is 38.0 Å². The number of aromatic amines is 1. The normalized spacial score (nSPS) is 13.5. The molecule has 0 bridgehead atoms. The van der Waals surface area contributed by atoms with Gasteiger partial charge in [-0.25, -0.2) is 4.98 Å². The lowest BCUT2D eigenvalue weighted by Crippen LogP contribution is -2.17. The van der Waals surface area contributed by atoms with E-state index >= 15 is 0 Å². The summed E-state index contributed by atoms with van der Waals surface area (Å²) in [5.41, 5.74) is 3.07. The van der Waals surface area contributed by atoms with Gasteiger partial charge in [0.2, 0.25) is 0 Å². The summed E-state index contributed by atoms with van der Waals surface area (Å²) in [6.07, 6.45) is 1.29. The van der Waals surface area contributed by atoms with Crippen molar-refractivity contribution in [1.29, 1.82) is 0 Å². The number of hydrogen-bond donors (Lipinski definition) is 1. The number of nitrogens with zero attached hydrogens (tertiary/aromatic N) is 2. The van der Waals surface area contributed by atoms with Gasteiger partial charge < -0.3 is 19.2 Å². The van der Waals surface area contributed by atoms with Crippen LogP contribution in [0, 0.1) is 6.92 Å². The molecule has 0 radical (unpaired) electrons. The van der Waals surface area contributed by atoms with Gasteiger partial charge in [-0.2, -0.15) is 0 Å². The van der Waals surface area contributed by atoms with E-state index in [-0.39, 0.29) is 12.0 Å². The summed E-state index contributed by atoms with van der Waals surface area (Å²) in [5, 5.41) is 0.411. The summed E-state index contributed by atoms with van der Waals surface area (Å²) < 4.78 is 29.2. The molecule has 0 amide bonds. The van der Waals surface area contributed by atoms with Gasteiger partial charge in [0.15, 0.2) is 11.4 Å². The van der Waals surface area contributed by atoms with E-state index in [4.69, 9.17) is 14.2 Å². The maximum Gasteiger partial charge on any atom is 0.197 e. The van der Waals surface area contributed by atoms with Gasteiger partial charge in [0.05, 0.1) is 40.4 Å². The molecule has 2 unspecified atom stereocenters. The molecule has 8 heteroatoms. The van der Waals surface area contributed by atoms with Crippen LogP contribution in [0.5, 0.6) is 11.5 Å². The number of imidazole rings is 1. The quantitative estimate of drug-likeness (QED) is 0.595. The Morgan fingerprint density at radius 2 is 2.11 bits per heavy atom. The van der Waals surface area contributed by atoms with Crippen LogP contribution >= 0.6 is 0 Å². The van der Waals surface area contributed by atoms with Crippen LogP contribution in [0.15, 0.2) is 35.6 Å². The highest BCUT2D eigenvalue weighted by Crippen LogP contribution is 2.24. The first kappa shape index (κ1) is 19.3. The van der Waals surface area contributed by atoms with E-state index in [9.17, 15) is 4.21 Å². The average molecular weight is 389 g/mol. The number of aromatic nitrogens is 3. The Hall–Kier alpha value is -2.45. The van der Waals surface area contributed by atoms with E-state index in [2.05, 4.69) is 15.0 Å². The first-order valence-electron chi connectivity index (χ1n) is 8.66. The van der Waals surface area contributed by atoms with Gasteiger partial charge in [-0.05, 0) is 39.0 Å². The van der Waals surface area contributed by atoms with E-state index < -0.39 is 10.8 Å². The number of hydrogen-bond acceptors (Lipinski definition) is 6. The Morgan fingerprint density at radius 1 is 1.30 bits per heavy atom. The van der Waals surface area contributed by atoms with Crippen molar-refractivity contribution in [2.75, 3.05) is 13.7 Å². The molecule has 2 aromatic heterocycles. The highest BCUT2D eigenvalue weighted by Gasteiger charge is 2.16. The molecule has 144 valence electrons. The summed E-state index contributed by atoms with van der Waals surface area (Å²) in [5.74, 6) is 1.63. The van der Waals surface area contributed by atoms with Crippen molar-refractivity contribution in [1.82, 2.24) is 15.0 Å². The summed E-state index contributed by atoms with van der Waals surface area (Å²) in [6.45, 7) is 6.22. The van der Waals surface area contributed by atoms with Gasteiger partial charge in [0.1, 0.15) is 11.5 Å². The Morgan fingerprint density at radius 3 is 2.85 bits per heavy atom. The maximum atomic E-state index is 12.8. The fourth-order valence-corrected chi connectivity index (χ4v) is 3.77. The summed E-state index contributed by atoms with van der Waals surface area (Å²) in [6, 6.07) is 7.27. The molecule has 0 aliphatic rings. The Kier molecular flexibility index (Phi) is 6.08. The molecule has 7 nitrogen and oxygen atoms in total. The van der Waals surface area contributed by atoms with Crippen molar-refractivity contribution < 1.29 is 18.4 Å². The second kappa shape index (κ2) is 8.49. The van der Waals surface area contributed by atoms with Gasteiger partial charge in [-0.15, -0.1) is 0 Å². The highest BCUT2D eigenvalue weighted by molar-refractivity contribution is 7.84. The first-order valence-corrected chi connectivity index (χ1v) is 9.98. The molecule has 27 heavy (non-hydrogen) atoms. The molecule has 0 aliphatic heterocycles. The standard InChI is InChI=1S/C19H23N3O4S/c1-5-25-13(3)26-18-8-9-20-17(12(18)2)11-27(23)19-21-15-7-6-14(24-4)10-16(15)22-19/h6-10,13H,5,11H2,1-4H3,(H,21,22). The predicted molar refractivity (Wildman–Crippen MR) is 103 cm³/mol. The Labute approximate surface area is 160 Å². The number of rotatable bonds is 8. The molecular weight excluding hydrogens is 366 g/mol. The van der Waals surface area contributed by atoms with Crippen LogP contribution < -0.4 is 9.47 Å². The number of methoxy groups -OCH3 is 1. The first-order chi connectivity index (χ1) is 13.0. The molecule has 3 aromatic rings. The van der Waals surface area contributed by atoms with Gasteiger partial charge in [-0.3, -0.25) is 9.19 Å². The third-order valence-corrected chi connectivity index (χ3v) is 5.26. The van der Waals surface area contributed by atoms with Crippen LogP contribution in [0.1, 0.15) is 25.1 Å². The lowest BCUT2D eigenvalue weighted by atomic mass is 10.2. The largest absolute Gasteiger partial charge is 0.497 e. The number of nitrogens with one attached hydrogen (secondary N) is 1. The molecule has 0 spiro atoms. The molecule has 1 aromatic carbocycles. The molecule has 1 N–H and O–H groups in total. The third kappa shape index (κ3) is 4.45. The van der Waals surface area contributed by atoms with E-state index in [1.807, 2.05) is 39.0 Å². The van der Waals surface area contributed by atoms with Crippen molar-refractivity contribution in [3.63, 3.8) is 0 Å². The van der Waals surface area contributed by atoms with Crippen LogP contribution in [0.25, 0.3) is 11.0 Å². The zero-order chi connectivity index (χ0) is 19.4.